The van der Waals surface area contributed by atoms with E-state index in [-0.39, 0.29) is 0 Å². The van der Waals surface area contributed by atoms with Crippen LogP contribution in [-0.4, -0.2) is 3.85 Å². The lowest BCUT2D eigenvalue weighted by Gasteiger charge is -1.87. The van der Waals surface area contributed by atoms with E-state index in [0.717, 1.165) is 0 Å². The molecule has 0 bridgehead atoms. The molecule has 0 spiro atoms. The number of hydrogen-bond donors (Lipinski definition) is 1. The molecule has 0 aliphatic heterocycles. The summed E-state index contributed by atoms with van der Waals surface area (Å²) in [4.78, 5) is 0. The molecule has 5 heteroatoms. The number of halogens is 1. The maximum Gasteiger partial charge on any atom is 0.293 e. The summed E-state index contributed by atoms with van der Waals surface area (Å²) in [6.07, 6.45) is 0. The van der Waals surface area contributed by atoms with Gasteiger partial charge in [-0.25, -0.2) is 0 Å². The van der Waals surface area contributed by atoms with Crippen molar-refractivity contribution in [2.24, 2.45) is 0 Å². The predicted molar refractivity (Wildman–Crippen MR) is 49.8 cm³/mol. The molecule has 0 saturated carbocycles. The maximum atomic E-state index is 3.93. The zero-order valence-corrected chi connectivity index (χ0v) is 7.90. The van der Waals surface area contributed by atoms with Gasteiger partial charge in [0.1, 0.15) is 0 Å². The van der Waals surface area contributed by atoms with Crippen molar-refractivity contribution < 1.29 is 0 Å². The van der Waals surface area contributed by atoms with E-state index in [9.17, 15) is 0 Å². The molecule has 0 N–H and O–H groups in total. The summed E-state index contributed by atoms with van der Waals surface area (Å²) in [6.45, 7) is 2.13. The minimum atomic E-state index is 0.671. The fourth-order valence-corrected chi connectivity index (χ4v) is 4.11. The van der Waals surface area contributed by atoms with Crippen LogP contribution in [0.15, 0.2) is 0 Å². The fraction of sp³-hybridized carbons (Fsp3) is 1.00. The molecule has 0 aliphatic carbocycles. The fourth-order valence-electron chi connectivity index (χ4n) is 0.0593. The highest BCUT2D eigenvalue weighted by Crippen LogP contribution is 2.29. The molecule has 0 nitrogen and oxygen atoms in total. The lowest BCUT2D eigenvalue weighted by Crippen LogP contribution is -1.78. The lowest BCUT2D eigenvalue weighted by molar-refractivity contribution is 2.37. The molecule has 0 heterocycles. The van der Waals surface area contributed by atoms with E-state index in [4.69, 9.17) is 0 Å². The van der Waals surface area contributed by atoms with Gasteiger partial charge in [0.15, 0.2) is 0 Å². The molecule has 6 heavy (non-hydrogen) atoms. The van der Waals surface area contributed by atoms with Crippen molar-refractivity contribution in [2.75, 3.05) is 0 Å². The molecule has 0 aromatic carbocycles. The summed E-state index contributed by atoms with van der Waals surface area (Å²) in [7, 11) is 3.27. The quantitative estimate of drug-likeness (QED) is 0.346. The van der Waals surface area contributed by atoms with Gasteiger partial charge in [-0.2, -0.15) is 0 Å². The zero-order valence-electron chi connectivity index (χ0n) is 3.22. The van der Waals surface area contributed by atoms with Crippen molar-refractivity contribution in [3.63, 3.8) is 0 Å². The Morgan fingerprint density at radius 1 is 1.83 bits per heavy atom. The Kier molecular flexibility index (Phi) is 6.53. The van der Waals surface area contributed by atoms with Crippen LogP contribution in [0, 0.1) is 0 Å². The summed E-state index contributed by atoms with van der Waals surface area (Å²) >= 11 is 6.27. The molecular formula is CH4BIS3. The first-order chi connectivity index (χ1) is 2.77. The summed E-state index contributed by atoms with van der Waals surface area (Å²) in [5.41, 5.74) is 0. The Hall–Kier alpha value is 1.84. The number of thiol groups is 1. The molecule has 0 aromatic rings. The highest BCUT2D eigenvalue weighted by atomic mass is 127. The minimum absolute atomic E-state index is 0.671. The Morgan fingerprint density at radius 2 is 2.33 bits per heavy atom. The van der Waals surface area contributed by atoms with E-state index < -0.39 is 0 Å². The third-order valence-electron chi connectivity index (χ3n) is 0.176. The van der Waals surface area contributed by atoms with Gasteiger partial charge >= 0.3 is 0 Å². The van der Waals surface area contributed by atoms with E-state index in [1.54, 1.807) is 10.6 Å². The van der Waals surface area contributed by atoms with Gasteiger partial charge in [0.25, 0.3) is 3.85 Å². The first-order valence-corrected chi connectivity index (χ1v) is 5.89. The molecule has 0 radical (unpaired) electrons. The van der Waals surface area contributed by atoms with Crippen LogP contribution >= 0.6 is 54.5 Å². The van der Waals surface area contributed by atoms with E-state index in [2.05, 4.69) is 40.9 Å². The summed E-state index contributed by atoms with van der Waals surface area (Å²) in [5.74, 6) is 0. The molecule has 0 fully saturated rings. The van der Waals surface area contributed by atoms with E-state index in [1.165, 1.54) is 9.83 Å². The van der Waals surface area contributed by atoms with Gasteiger partial charge in [0.05, 0.1) is 0 Å². The van der Waals surface area contributed by atoms with Crippen LogP contribution in [0.3, 0.4) is 0 Å². The van der Waals surface area contributed by atoms with Crippen molar-refractivity contribution >= 4 is 58.4 Å². The second-order valence-corrected chi connectivity index (χ2v) is 6.84. The van der Waals surface area contributed by atoms with Gasteiger partial charge in [0.2, 0.25) is 0 Å². The van der Waals surface area contributed by atoms with Gasteiger partial charge in [-0.3, -0.25) is 0 Å². The van der Waals surface area contributed by atoms with Crippen LogP contribution in [0.2, 0.25) is 6.82 Å². The largest absolute Gasteiger partial charge is 0.293 e. The third-order valence-corrected chi connectivity index (χ3v) is 4.22. The first-order valence-electron chi connectivity index (χ1n) is 1.38. The molecule has 0 atom stereocenters. The molecule has 0 rings (SSSR count). The van der Waals surface area contributed by atoms with Gasteiger partial charge < -0.3 is 0 Å². The Bertz CT molecular complexity index is 32.0. The highest BCUT2D eigenvalue weighted by Gasteiger charge is 1.97. The number of rotatable bonds is 2. The van der Waals surface area contributed by atoms with Crippen LogP contribution in [0.1, 0.15) is 0 Å². The van der Waals surface area contributed by atoms with Gasteiger partial charge in [-0.05, 0) is 9.83 Å². The second kappa shape index (κ2) is 4.99. The van der Waals surface area contributed by atoms with E-state index in [0.29, 0.717) is 3.85 Å². The Labute approximate surface area is 64.7 Å². The molecule has 0 aliphatic rings. The Balaban J connectivity index is 2.63. The van der Waals surface area contributed by atoms with Crippen molar-refractivity contribution in [3.05, 3.63) is 0 Å². The molecular weight excluding hydrogens is 246 g/mol. The van der Waals surface area contributed by atoms with E-state index in [1.807, 2.05) is 0 Å². The van der Waals surface area contributed by atoms with Gasteiger partial charge in [-0.15, -0.1) is 44.7 Å². The summed E-state index contributed by atoms with van der Waals surface area (Å²) < 4.78 is 0.671. The Morgan fingerprint density at radius 3 is 2.33 bits per heavy atom. The molecule has 0 aromatic heterocycles. The van der Waals surface area contributed by atoms with Crippen molar-refractivity contribution in [1.82, 2.24) is 0 Å². The average Bonchev–Trinajstić information content (AvgIpc) is 1.35. The summed E-state index contributed by atoms with van der Waals surface area (Å²) in [6, 6.07) is 0. The van der Waals surface area contributed by atoms with Crippen LogP contribution in [0.4, 0.5) is 0 Å². The minimum Gasteiger partial charge on any atom is -0.132 e. The smallest absolute Gasteiger partial charge is 0.132 e. The van der Waals surface area contributed by atoms with Crippen LogP contribution < -0.4 is 0 Å². The normalized spacial score (nSPS) is 8.50. The molecule has 0 saturated heterocycles. The molecule has 0 unspecified atom stereocenters. The van der Waals surface area contributed by atoms with Crippen molar-refractivity contribution in [3.8, 4) is 0 Å². The average molecular weight is 250 g/mol. The van der Waals surface area contributed by atoms with E-state index >= 15 is 0 Å². The van der Waals surface area contributed by atoms with Crippen LogP contribution in [0.25, 0.3) is 0 Å². The standard InChI is InChI=1S/CH4BIS3/c1-2(3)5-6-4/h4H,1H3. The van der Waals surface area contributed by atoms with Gasteiger partial charge in [-0.1, -0.05) is 6.82 Å². The van der Waals surface area contributed by atoms with Crippen molar-refractivity contribution in [1.29, 1.82) is 0 Å². The third kappa shape index (κ3) is 5.84. The first kappa shape index (κ1) is 7.84. The lowest BCUT2D eigenvalue weighted by atomic mass is 10.2. The SMILES string of the molecule is CB(I)SSS. The summed E-state index contributed by atoms with van der Waals surface area (Å²) in [5, 5.41) is 0. The predicted octanol–water partition coefficient (Wildman–Crippen LogP) is 2.77. The topological polar surface area (TPSA) is 0 Å². The maximum absolute atomic E-state index is 3.93. The monoisotopic (exact) mass is 250 g/mol. The molecule has 36 valence electrons. The van der Waals surface area contributed by atoms with Crippen molar-refractivity contribution in [2.45, 2.75) is 6.82 Å². The highest BCUT2D eigenvalue weighted by molar-refractivity contribution is 14.1. The second-order valence-electron chi connectivity index (χ2n) is 0.714. The number of hydrogen-bond acceptors (Lipinski definition) is 3. The van der Waals surface area contributed by atoms with Crippen LogP contribution in [-0.2, 0) is 0 Å². The van der Waals surface area contributed by atoms with Crippen LogP contribution in [0.5, 0.6) is 0 Å². The zero-order chi connectivity index (χ0) is 4.99. The van der Waals surface area contributed by atoms with Gasteiger partial charge in [0, 0.05) is 0 Å². The molecule has 0 amide bonds.